The SMILES string of the molecule is COCCOCCOCCOc1ccnc(F)c1. The molecule has 0 aliphatic rings. The fourth-order valence-electron chi connectivity index (χ4n) is 1.16. The summed E-state index contributed by atoms with van der Waals surface area (Å²) < 4.78 is 33.3. The quantitative estimate of drug-likeness (QED) is 0.468. The molecule has 0 aliphatic heterocycles. The maximum atomic E-state index is 12.7. The number of hydrogen-bond donors (Lipinski definition) is 0. The molecule has 6 heteroatoms. The third kappa shape index (κ3) is 7.16. The maximum Gasteiger partial charge on any atom is 0.216 e. The summed E-state index contributed by atoms with van der Waals surface area (Å²) in [7, 11) is 1.62. The summed E-state index contributed by atoms with van der Waals surface area (Å²) in [6.07, 6.45) is 1.36. The van der Waals surface area contributed by atoms with E-state index in [2.05, 4.69) is 4.98 Å². The maximum absolute atomic E-state index is 12.7. The first-order valence-electron chi connectivity index (χ1n) is 5.71. The molecule has 0 N–H and O–H groups in total. The molecule has 1 rings (SSSR count). The molecule has 102 valence electrons. The number of pyridine rings is 1. The van der Waals surface area contributed by atoms with Crippen molar-refractivity contribution in [2.24, 2.45) is 0 Å². The van der Waals surface area contributed by atoms with Crippen LogP contribution in [0.5, 0.6) is 5.75 Å². The van der Waals surface area contributed by atoms with E-state index in [0.717, 1.165) is 0 Å². The Labute approximate surface area is 106 Å². The van der Waals surface area contributed by atoms with Crippen LogP contribution in [0.1, 0.15) is 0 Å². The average molecular weight is 259 g/mol. The Kier molecular flexibility index (Phi) is 8.03. The van der Waals surface area contributed by atoms with Gasteiger partial charge in [0.15, 0.2) is 0 Å². The van der Waals surface area contributed by atoms with Gasteiger partial charge in [0.1, 0.15) is 12.4 Å². The lowest BCUT2D eigenvalue weighted by Crippen LogP contribution is -2.12. The summed E-state index contributed by atoms with van der Waals surface area (Å²) in [6.45, 7) is 2.95. The molecule has 0 spiro atoms. The van der Waals surface area contributed by atoms with E-state index in [1.165, 1.54) is 12.3 Å². The van der Waals surface area contributed by atoms with Crippen molar-refractivity contribution in [2.45, 2.75) is 0 Å². The minimum atomic E-state index is -0.556. The number of ether oxygens (including phenoxy) is 4. The van der Waals surface area contributed by atoms with Crippen molar-refractivity contribution < 1.29 is 23.3 Å². The Morgan fingerprint density at radius 2 is 1.72 bits per heavy atom. The van der Waals surface area contributed by atoms with E-state index in [1.54, 1.807) is 13.2 Å². The molecule has 1 aromatic rings. The molecule has 0 aliphatic carbocycles. The molecule has 5 nitrogen and oxygen atoms in total. The van der Waals surface area contributed by atoms with Crippen LogP contribution in [0.15, 0.2) is 18.3 Å². The van der Waals surface area contributed by atoms with E-state index in [1.807, 2.05) is 0 Å². The Balaban J connectivity index is 1.92. The first-order chi connectivity index (χ1) is 8.83. The van der Waals surface area contributed by atoms with E-state index >= 15 is 0 Å². The van der Waals surface area contributed by atoms with Crippen LogP contribution in [-0.2, 0) is 14.2 Å². The molecule has 0 saturated heterocycles. The Hall–Kier alpha value is -1.24. The molecule has 0 aromatic carbocycles. The first kappa shape index (κ1) is 14.8. The highest BCUT2D eigenvalue weighted by Crippen LogP contribution is 2.09. The summed E-state index contributed by atoms with van der Waals surface area (Å²) in [5.74, 6) is -0.109. The van der Waals surface area contributed by atoms with E-state index in [9.17, 15) is 4.39 Å². The van der Waals surface area contributed by atoms with Crippen molar-refractivity contribution in [1.82, 2.24) is 4.98 Å². The number of nitrogens with zero attached hydrogens (tertiary/aromatic N) is 1. The molecule has 0 bridgehead atoms. The van der Waals surface area contributed by atoms with Crippen molar-refractivity contribution in [3.8, 4) is 5.75 Å². The summed E-state index contributed by atoms with van der Waals surface area (Å²) in [6, 6.07) is 2.82. The molecule has 1 aromatic heterocycles. The van der Waals surface area contributed by atoms with Crippen LogP contribution in [0.3, 0.4) is 0 Å². The Bertz CT molecular complexity index is 325. The third-order valence-electron chi connectivity index (χ3n) is 2.00. The van der Waals surface area contributed by atoms with Crippen molar-refractivity contribution in [3.63, 3.8) is 0 Å². The Morgan fingerprint density at radius 3 is 2.39 bits per heavy atom. The monoisotopic (exact) mass is 259 g/mol. The van der Waals surface area contributed by atoms with Crippen LogP contribution in [0.25, 0.3) is 0 Å². The summed E-state index contributed by atoms with van der Waals surface area (Å²) in [4.78, 5) is 3.43. The van der Waals surface area contributed by atoms with E-state index in [0.29, 0.717) is 45.4 Å². The zero-order valence-electron chi connectivity index (χ0n) is 10.4. The average Bonchev–Trinajstić information content (AvgIpc) is 2.37. The smallest absolute Gasteiger partial charge is 0.216 e. The highest BCUT2D eigenvalue weighted by atomic mass is 19.1. The van der Waals surface area contributed by atoms with Crippen molar-refractivity contribution in [1.29, 1.82) is 0 Å². The van der Waals surface area contributed by atoms with E-state index in [4.69, 9.17) is 18.9 Å². The molecule has 0 amide bonds. The third-order valence-corrected chi connectivity index (χ3v) is 2.00. The van der Waals surface area contributed by atoms with Gasteiger partial charge in [-0.3, -0.25) is 0 Å². The second kappa shape index (κ2) is 9.76. The van der Waals surface area contributed by atoms with Crippen LogP contribution in [0.2, 0.25) is 0 Å². The molecular weight excluding hydrogens is 241 g/mol. The molecule has 0 atom stereocenters. The van der Waals surface area contributed by atoms with Crippen LogP contribution in [0, 0.1) is 5.95 Å². The summed E-state index contributed by atoms with van der Waals surface area (Å²) in [5.41, 5.74) is 0. The fraction of sp³-hybridized carbons (Fsp3) is 0.583. The van der Waals surface area contributed by atoms with Crippen LogP contribution < -0.4 is 4.74 Å². The lowest BCUT2D eigenvalue weighted by Gasteiger charge is -2.07. The van der Waals surface area contributed by atoms with Gasteiger partial charge in [0.25, 0.3) is 0 Å². The standard InChI is InChI=1S/C12H18FNO4/c1-15-4-5-16-6-7-17-8-9-18-11-2-3-14-12(13)10-11/h2-3,10H,4-9H2,1H3. The van der Waals surface area contributed by atoms with E-state index in [-0.39, 0.29) is 0 Å². The first-order valence-corrected chi connectivity index (χ1v) is 5.71. The zero-order chi connectivity index (χ0) is 13.1. The van der Waals surface area contributed by atoms with Crippen LogP contribution in [0.4, 0.5) is 4.39 Å². The van der Waals surface area contributed by atoms with Crippen molar-refractivity contribution in [3.05, 3.63) is 24.3 Å². The second-order valence-corrected chi connectivity index (χ2v) is 3.38. The van der Waals surface area contributed by atoms with Gasteiger partial charge < -0.3 is 18.9 Å². The lowest BCUT2D eigenvalue weighted by atomic mass is 10.4. The number of methoxy groups -OCH3 is 1. The van der Waals surface area contributed by atoms with Gasteiger partial charge in [-0.2, -0.15) is 4.39 Å². The molecule has 0 unspecified atom stereocenters. The Morgan fingerprint density at radius 1 is 1.06 bits per heavy atom. The summed E-state index contributed by atoms with van der Waals surface area (Å²) >= 11 is 0. The van der Waals surface area contributed by atoms with Crippen LogP contribution in [-0.4, -0.2) is 51.7 Å². The number of rotatable bonds is 10. The lowest BCUT2D eigenvalue weighted by molar-refractivity contribution is 0.0179. The second-order valence-electron chi connectivity index (χ2n) is 3.38. The molecule has 0 radical (unpaired) electrons. The van der Waals surface area contributed by atoms with Gasteiger partial charge in [0, 0.05) is 19.4 Å². The fourth-order valence-corrected chi connectivity index (χ4v) is 1.16. The van der Waals surface area contributed by atoms with Gasteiger partial charge in [0.05, 0.1) is 33.0 Å². The predicted octanol–water partition coefficient (Wildman–Crippen LogP) is 1.28. The van der Waals surface area contributed by atoms with Gasteiger partial charge in [-0.1, -0.05) is 0 Å². The molecule has 1 heterocycles. The number of halogens is 1. The minimum Gasteiger partial charge on any atom is -0.491 e. The normalized spacial score (nSPS) is 10.6. The van der Waals surface area contributed by atoms with Gasteiger partial charge in [-0.05, 0) is 6.07 Å². The van der Waals surface area contributed by atoms with Crippen LogP contribution >= 0.6 is 0 Å². The molecule has 0 fully saturated rings. The highest BCUT2D eigenvalue weighted by Gasteiger charge is 1.96. The topological polar surface area (TPSA) is 49.8 Å². The molecular formula is C12H18FNO4. The summed E-state index contributed by atoms with van der Waals surface area (Å²) in [5, 5.41) is 0. The number of aromatic nitrogens is 1. The molecule has 0 saturated carbocycles. The van der Waals surface area contributed by atoms with Crippen molar-refractivity contribution in [2.75, 3.05) is 46.8 Å². The molecule has 18 heavy (non-hydrogen) atoms. The van der Waals surface area contributed by atoms with Gasteiger partial charge in [-0.25, -0.2) is 4.98 Å². The van der Waals surface area contributed by atoms with Gasteiger partial charge in [0.2, 0.25) is 5.95 Å². The predicted molar refractivity (Wildman–Crippen MR) is 63.2 cm³/mol. The van der Waals surface area contributed by atoms with E-state index < -0.39 is 5.95 Å². The van der Waals surface area contributed by atoms with Crippen molar-refractivity contribution >= 4 is 0 Å². The number of hydrogen-bond acceptors (Lipinski definition) is 5. The van der Waals surface area contributed by atoms with Gasteiger partial charge in [-0.15, -0.1) is 0 Å². The highest BCUT2D eigenvalue weighted by molar-refractivity contribution is 5.17. The zero-order valence-corrected chi connectivity index (χ0v) is 10.4. The minimum absolute atomic E-state index is 0.363. The van der Waals surface area contributed by atoms with Gasteiger partial charge >= 0.3 is 0 Å². The largest absolute Gasteiger partial charge is 0.491 e.